The summed E-state index contributed by atoms with van der Waals surface area (Å²) in [5.41, 5.74) is 1.08. The summed E-state index contributed by atoms with van der Waals surface area (Å²) in [5, 5.41) is 0. The van der Waals surface area contributed by atoms with Crippen LogP contribution in [-0.4, -0.2) is 12.6 Å². The van der Waals surface area contributed by atoms with Gasteiger partial charge in [-0.05, 0) is 18.8 Å². The molecule has 2 heteroatoms. The first kappa shape index (κ1) is 13.8. The van der Waals surface area contributed by atoms with E-state index in [2.05, 4.69) is 26.7 Å². The maximum Gasteiger partial charge on any atom is 0.331 e. The number of allylic oxidation sites excluding steroid dienone is 1. The Morgan fingerprint density at radius 2 is 2.13 bits per heavy atom. The minimum Gasteiger partial charge on any atom is -0.449 e. The Bertz CT molecular complexity index is 279. The molecular weight excluding hydrogens is 188 g/mol. The predicted octanol–water partition coefficient (Wildman–Crippen LogP) is 2.94. The van der Waals surface area contributed by atoms with E-state index in [1.165, 1.54) is 6.08 Å². The molecule has 0 bridgehead atoms. The quantitative estimate of drug-likeness (QED) is 0.394. The molecule has 0 saturated carbocycles. The average Bonchev–Trinajstić information content (AvgIpc) is 2.14. The molecule has 0 rings (SSSR count). The van der Waals surface area contributed by atoms with Crippen LogP contribution in [-0.2, 0) is 9.53 Å². The summed E-state index contributed by atoms with van der Waals surface area (Å²) in [6.07, 6.45) is 8.68. The van der Waals surface area contributed by atoms with Gasteiger partial charge in [0.25, 0.3) is 0 Å². The Balaban J connectivity index is 4.42. The van der Waals surface area contributed by atoms with E-state index >= 15 is 0 Å². The van der Waals surface area contributed by atoms with E-state index in [1.54, 1.807) is 0 Å². The molecule has 0 aliphatic carbocycles. The first-order chi connectivity index (χ1) is 6.94. The number of carbonyl (C=O) groups excluding carboxylic acids is 1. The molecular formula is C13H20O2. The molecule has 0 heterocycles. The zero-order valence-corrected chi connectivity index (χ0v) is 10.1. The molecule has 0 aliphatic heterocycles. The largest absolute Gasteiger partial charge is 0.449 e. The summed E-state index contributed by atoms with van der Waals surface area (Å²) < 4.78 is 4.78. The van der Waals surface area contributed by atoms with Crippen LogP contribution < -0.4 is 0 Å². The lowest BCUT2D eigenvalue weighted by Crippen LogP contribution is -2.14. The second-order valence-electron chi connectivity index (χ2n) is 4.27. The number of carbonyl (C=O) groups is 1. The predicted molar refractivity (Wildman–Crippen MR) is 62.2 cm³/mol. The normalized spacial score (nSPS) is 12.1. The topological polar surface area (TPSA) is 26.3 Å². The molecule has 0 saturated heterocycles. The number of hydrogen-bond donors (Lipinski definition) is 0. The van der Waals surface area contributed by atoms with Gasteiger partial charge in [0.2, 0.25) is 0 Å². The van der Waals surface area contributed by atoms with E-state index in [1.807, 2.05) is 6.92 Å². The van der Waals surface area contributed by atoms with Gasteiger partial charge in [-0.15, -0.1) is 6.42 Å². The summed E-state index contributed by atoms with van der Waals surface area (Å²) in [5.74, 6) is 1.91. The van der Waals surface area contributed by atoms with Crippen LogP contribution in [0.25, 0.3) is 0 Å². The van der Waals surface area contributed by atoms with Crippen molar-refractivity contribution in [2.24, 2.45) is 5.41 Å². The fourth-order valence-electron chi connectivity index (χ4n) is 1.35. The van der Waals surface area contributed by atoms with Crippen LogP contribution in [0.2, 0.25) is 0 Å². The molecule has 0 unspecified atom stereocenters. The third-order valence-electron chi connectivity index (χ3n) is 2.57. The lowest BCUT2D eigenvalue weighted by molar-refractivity contribution is -0.136. The molecule has 84 valence electrons. The smallest absolute Gasteiger partial charge is 0.331 e. The highest BCUT2D eigenvalue weighted by Crippen LogP contribution is 2.30. The van der Waals surface area contributed by atoms with Crippen molar-refractivity contribution in [1.82, 2.24) is 0 Å². The van der Waals surface area contributed by atoms with E-state index in [4.69, 9.17) is 11.2 Å². The van der Waals surface area contributed by atoms with Crippen molar-refractivity contribution < 1.29 is 9.53 Å². The van der Waals surface area contributed by atoms with Crippen molar-refractivity contribution in [2.75, 3.05) is 6.61 Å². The van der Waals surface area contributed by atoms with E-state index < -0.39 is 0 Å². The van der Waals surface area contributed by atoms with Crippen molar-refractivity contribution in [2.45, 2.75) is 40.5 Å². The molecule has 0 amide bonds. The first-order valence-corrected chi connectivity index (χ1v) is 5.23. The molecule has 0 radical (unpaired) electrons. The third-order valence-corrected chi connectivity index (χ3v) is 2.57. The van der Waals surface area contributed by atoms with Crippen molar-refractivity contribution in [3.8, 4) is 12.3 Å². The monoisotopic (exact) mass is 208 g/mol. The summed E-state index contributed by atoms with van der Waals surface area (Å²) >= 11 is 0. The Hall–Kier alpha value is -1.23. The van der Waals surface area contributed by atoms with Crippen LogP contribution in [0, 0.1) is 17.8 Å². The second-order valence-corrected chi connectivity index (χ2v) is 4.27. The molecule has 0 aliphatic rings. The van der Waals surface area contributed by atoms with Gasteiger partial charge >= 0.3 is 5.97 Å². The van der Waals surface area contributed by atoms with Crippen LogP contribution in [0.1, 0.15) is 40.5 Å². The Labute approximate surface area is 92.7 Å². The standard InChI is InChI=1S/C13H20O2/c1-6-8-13(4,5)11(3)10-12(14)15-9-7-2/h2,10H,6,8-9H2,1,3-5H3. The maximum absolute atomic E-state index is 11.3. The molecule has 0 atom stereocenters. The van der Waals surface area contributed by atoms with Crippen molar-refractivity contribution >= 4 is 5.97 Å². The molecule has 0 aromatic rings. The maximum atomic E-state index is 11.3. The molecule has 2 nitrogen and oxygen atoms in total. The minimum absolute atomic E-state index is 0.0385. The summed E-state index contributed by atoms with van der Waals surface area (Å²) in [4.78, 5) is 11.3. The van der Waals surface area contributed by atoms with Crippen LogP contribution in [0.5, 0.6) is 0 Å². The van der Waals surface area contributed by atoms with Crippen LogP contribution in [0.3, 0.4) is 0 Å². The van der Waals surface area contributed by atoms with E-state index in [0.29, 0.717) is 0 Å². The van der Waals surface area contributed by atoms with Crippen LogP contribution >= 0.6 is 0 Å². The summed E-state index contributed by atoms with van der Waals surface area (Å²) in [6, 6.07) is 0. The second kappa shape index (κ2) is 6.29. The summed E-state index contributed by atoms with van der Waals surface area (Å²) in [6.45, 7) is 8.36. The first-order valence-electron chi connectivity index (χ1n) is 5.23. The van der Waals surface area contributed by atoms with Gasteiger partial charge in [-0.1, -0.05) is 38.7 Å². The van der Waals surface area contributed by atoms with Gasteiger partial charge in [0.1, 0.15) is 0 Å². The number of hydrogen-bond acceptors (Lipinski definition) is 2. The van der Waals surface area contributed by atoms with Crippen molar-refractivity contribution in [3.05, 3.63) is 11.6 Å². The lowest BCUT2D eigenvalue weighted by atomic mass is 9.81. The molecule has 0 N–H and O–H groups in total. The fraction of sp³-hybridized carbons (Fsp3) is 0.615. The number of ether oxygens (including phenoxy) is 1. The highest BCUT2D eigenvalue weighted by atomic mass is 16.5. The average molecular weight is 208 g/mol. The van der Waals surface area contributed by atoms with Gasteiger partial charge in [-0.2, -0.15) is 0 Å². The molecule has 0 spiro atoms. The van der Waals surface area contributed by atoms with Gasteiger partial charge in [0.05, 0.1) is 0 Å². The van der Waals surface area contributed by atoms with Gasteiger partial charge in [0, 0.05) is 6.08 Å². The molecule has 0 aromatic carbocycles. The number of terminal acetylenes is 1. The highest BCUT2D eigenvalue weighted by molar-refractivity contribution is 5.83. The zero-order valence-electron chi connectivity index (χ0n) is 10.1. The molecule has 0 aromatic heterocycles. The van der Waals surface area contributed by atoms with Crippen molar-refractivity contribution in [1.29, 1.82) is 0 Å². The Kier molecular flexibility index (Phi) is 5.77. The lowest BCUT2D eigenvalue weighted by Gasteiger charge is -2.24. The number of rotatable bonds is 5. The van der Waals surface area contributed by atoms with Crippen LogP contribution in [0.15, 0.2) is 11.6 Å². The minimum atomic E-state index is -0.352. The molecule has 15 heavy (non-hydrogen) atoms. The highest BCUT2D eigenvalue weighted by Gasteiger charge is 2.19. The van der Waals surface area contributed by atoms with Gasteiger partial charge < -0.3 is 4.74 Å². The number of esters is 1. The third kappa shape index (κ3) is 5.27. The van der Waals surface area contributed by atoms with Crippen LogP contribution in [0.4, 0.5) is 0 Å². The molecule has 0 fully saturated rings. The zero-order chi connectivity index (χ0) is 11.9. The van der Waals surface area contributed by atoms with Gasteiger partial charge in [-0.25, -0.2) is 4.79 Å². The Morgan fingerprint density at radius 3 is 2.60 bits per heavy atom. The van der Waals surface area contributed by atoms with Gasteiger partial charge in [-0.3, -0.25) is 0 Å². The Morgan fingerprint density at radius 1 is 1.53 bits per heavy atom. The van der Waals surface area contributed by atoms with Crippen molar-refractivity contribution in [3.63, 3.8) is 0 Å². The van der Waals surface area contributed by atoms with E-state index in [0.717, 1.165) is 18.4 Å². The fourth-order valence-corrected chi connectivity index (χ4v) is 1.35. The summed E-state index contributed by atoms with van der Waals surface area (Å²) in [7, 11) is 0. The van der Waals surface area contributed by atoms with E-state index in [-0.39, 0.29) is 18.0 Å². The SMILES string of the molecule is C#CCOC(=O)C=C(C)C(C)(C)CCC. The van der Waals surface area contributed by atoms with E-state index in [9.17, 15) is 4.79 Å². The van der Waals surface area contributed by atoms with Gasteiger partial charge in [0.15, 0.2) is 6.61 Å².